The van der Waals surface area contributed by atoms with Crippen LogP contribution < -0.4 is 10.5 Å². The highest BCUT2D eigenvalue weighted by Crippen LogP contribution is 2.29. The van der Waals surface area contributed by atoms with Crippen LogP contribution in [0.15, 0.2) is 18.3 Å². The van der Waals surface area contributed by atoms with E-state index >= 15 is 0 Å². The molecule has 8 heteroatoms. The maximum absolute atomic E-state index is 12.5. The molecule has 2 N–H and O–H groups in total. The Morgan fingerprint density at radius 1 is 1.52 bits per heavy atom. The lowest BCUT2D eigenvalue weighted by molar-refractivity contribution is -0.138. The van der Waals surface area contributed by atoms with Gasteiger partial charge in [-0.15, -0.1) is 0 Å². The fourth-order valence-electron chi connectivity index (χ4n) is 2.48. The highest BCUT2D eigenvalue weighted by atomic mass is 19.4. The van der Waals surface area contributed by atoms with Crippen molar-refractivity contribution in [3.63, 3.8) is 0 Å². The molecule has 1 aliphatic heterocycles. The van der Waals surface area contributed by atoms with E-state index in [1.54, 1.807) is 4.90 Å². The lowest BCUT2D eigenvalue weighted by Crippen LogP contribution is -2.43. The van der Waals surface area contributed by atoms with Crippen molar-refractivity contribution in [2.24, 2.45) is 5.73 Å². The van der Waals surface area contributed by atoms with Crippen LogP contribution >= 0.6 is 0 Å². The van der Waals surface area contributed by atoms with Crippen molar-refractivity contribution in [2.75, 3.05) is 13.1 Å². The van der Waals surface area contributed by atoms with Gasteiger partial charge >= 0.3 is 6.18 Å². The number of halogens is 3. The van der Waals surface area contributed by atoms with E-state index in [-0.39, 0.29) is 17.9 Å². The molecule has 0 unspecified atom stereocenters. The van der Waals surface area contributed by atoms with Crippen LogP contribution in [0.1, 0.15) is 31.7 Å². The number of pyridine rings is 1. The zero-order valence-electron chi connectivity index (χ0n) is 12.8. The van der Waals surface area contributed by atoms with Gasteiger partial charge in [-0.25, -0.2) is 4.98 Å². The number of carbonyl (C=O) groups excluding carboxylic acids is 1. The Hall–Kier alpha value is -1.83. The molecule has 0 aromatic carbocycles. The normalized spacial score (nSPS) is 19.7. The van der Waals surface area contributed by atoms with Crippen molar-refractivity contribution in [3.8, 4) is 5.88 Å². The van der Waals surface area contributed by atoms with Crippen molar-refractivity contribution in [2.45, 2.75) is 44.5 Å². The molecule has 1 fully saturated rings. The average molecular weight is 331 g/mol. The lowest BCUT2D eigenvalue weighted by Gasteiger charge is -2.20. The maximum atomic E-state index is 12.5. The van der Waals surface area contributed by atoms with Gasteiger partial charge in [0.25, 0.3) is 0 Å². The Balaban J connectivity index is 1.89. The summed E-state index contributed by atoms with van der Waals surface area (Å²) in [7, 11) is 0. The summed E-state index contributed by atoms with van der Waals surface area (Å²) in [5, 5.41) is 0. The first-order chi connectivity index (χ1) is 10.8. The van der Waals surface area contributed by atoms with Crippen molar-refractivity contribution in [3.05, 3.63) is 23.9 Å². The minimum atomic E-state index is -4.42. The van der Waals surface area contributed by atoms with E-state index in [0.717, 1.165) is 18.7 Å². The first-order valence-corrected chi connectivity index (χ1v) is 7.55. The molecule has 5 nitrogen and oxygen atoms in total. The van der Waals surface area contributed by atoms with Crippen molar-refractivity contribution in [1.29, 1.82) is 0 Å². The Morgan fingerprint density at radius 3 is 2.83 bits per heavy atom. The molecule has 0 saturated carbocycles. The monoisotopic (exact) mass is 331 g/mol. The molecule has 2 atom stereocenters. The van der Waals surface area contributed by atoms with E-state index in [9.17, 15) is 18.0 Å². The predicted octanol–water partition coefficient (Wildman–Crippen LogP) is 2.21. The third-order valence-corrected chi connectivity index (χ3v) is 3.72. The van der Waals surface area contributed by atoms with Gasteiger partial charge in [0.05, 0.1) is 18.2 Å². The number of hydrogen-bond donors (Lipinski definition) is 1. The first-order valence-electron chi connectivity index (χ1n) is 7.55. The Kier molecular flexibility index (Phi) is 5.46. The summed E-state index contributed by atoms with van der Waals surface area (Å²) in [6.07, 6.45) is -1.90. The van der Waals surface area contributed by atoms with Crippen LogP contribution in [0.2, 0.25) is 0 Å². The van der Waals surface area contributed by atoms with Gasteiger partial charge in [-0.05, 0) is 12.5 Å². The third kappa shape index (κ3) is 4.57. The molecule has 23 heavy (non-hydrogen) atoms. The molecule has 2 heterocycles. The molecular weight excluding hydrogens is 311 g/mol. The van der Waals surface area contributed by atoms with Crippen LogP contribution in [0.4, 0.5) is 13.2 Å². The second-order valence-electron chi connectivity index (χ2n) is 5.59. The minimum absolute atomic E-state index is 0.113. The van der Waals surface area contributed by atoms with Gasteiger partial charge in [-0.2, -0.15) is 13.2 Å². The topological polar surface area (TPSA) is 68.5 Å². The van der Waals surface area contributed by atoms with Crippen LogP contribution in [-0.4, -0.2) is 41.0 Å². The van der Waals surface area contributed by atoms with Gasteiger partial charge < -0.3 is 15.4 Å². The molecular formula is C15H20F3N3O2. The molecule has 1 saturated heterocycles. The highest BCUT2D eigenvalue weighted by Gasteiger charge is 2.32. The fraction of sp³-hybridized carbons (Fsp3) is 0.600. The molecule has 1 aromatic rings. The molecule has 1 aliphatic rings. The number of nitrogens with zero attached hydrogens (tertiary/aromatic N) is 2. The number of nitrogens with two attached hydrogens (primary N) is 1. The largest absolute Gasteiger partial charge is 0.472 e. The summed E-state index contributed by atoms with van der Waals surface area (Å²) in [6.45, 7) is 2.86. The number of amides is 1. The summed E-state index contributed by atoms with van der Waals surface area (Å²) in [6, 6.07) is 1.61. The molecule has 128 valence electrons. The minimum Gasteiger partial charge on any atom is -0.472 e. The number of alkyl halides is 3. The second kappa shape index (κ2) is 7.16. The number of ether oxygens (including phenoxy) is 1. The quantitative estimate of drug-likeness (QED) is 0.898. The van der Waals surface area contributed by atoms with Crippen LogP contribution in [0, 0.1) is 0 Å². The Bertz CT molecular complexity index is 534. The van der Waals surface area contributed by atoms with E-state index < -0.39 is 17.8 Å². The van der Waals surface area contributed by atoms with Gasteiger partial charge in [-0.3, -0.25) is 4.79 Å². The maximum Gasteiger partial charge on any atom is 0.417 e. The van der Waals surface area contributed by atoms with Gasteiger partial charge in [0, 0.05) is 25.2 Å². The third-order valence-electron chi connectivity index (χ3n) is 3.72. The summed E-state index contributed by atoms with van der Waals surface area (Å²) < 4.78 is 42.9. The lowest BCUT2D eigenvalue weighted by atomic mass is 10.1. The molecule has 1 aromatic heterocycles. The van der Waals surface area contributed by atoms with E-state index in [1.165, 1.54) is 6.07 Å². The number of aromatic nitrogens is 1. The molecule has 0 radical (unpaired) electrons. The molecule has 1 amide bonds. The molecule has 0 spiro atoms. The number of hydrogen-bond acceptors (Lipinski definition) is 4. The summed E-state index contributed by atoms with van der Waals surface area (Å²) in [5.41, 5.74) is 4.99. The van der Waals surface area contributed by atoms with Crippen LogP contribution in [0.25, 0.3) is 0 Å². The number of carbonyl (C=O) groups is 1. The van der Waals surface area contributed by atoms with Crippen LogP contribution in [0.3, 0.4) is 0 Å². The molecule has 0 aliphatic carbocycles. The summed E-state index contributed by atoms with van der Waals surface area (Å²) in [4.78, 5) is 17.4. The smallest absolute Gasteiger partial charge is 0.417 e. The van der Waals surface area contributed by atoms with Crippen molar-refractivity contribution >= 4 is 5.91 Å². The second-order valence-corrected chi connectivity index (χ2v) is 5.59. The number of likely N-dealkylation sites (tertiary alicyclic amines) is 1. The van der Waals surface area contributed by atoms with E-state index in [1.807, 2.05) is 6.92 Å². The first kappa shape index (κ1) is 17.5. The average Bonchev–Trinajstić information content (AvgIpc) is 2.95. The van der Waals surface area contributed by atoms with Gasteiger partial charge in [-0.1, -0.05) is 13.3 Å². The van der Waals surface area contributed by atoms with Crippen molar-refractivity contribution < 1.29 is 22.7 Å². The summed E-state index contributed by atoms with van der Waals surface area (Å²) >= 11 is 0. The van der Waals surface area contributed by atoms with Crippen LogP contribution in [-0.2, 0) is 11.0 Å². The Morgan fingerprint density at radius 2 is 2.26 bits per heavy atom. The van der Waals surface area contributed by atoms with Gasteiger partial charge in [0.15, 0.2) is 0 Å². The van der Waals surface area contributed by atoms with E-state index in [4.69, 9.17) is 10.5 Å². The molecule has 0 bridgehead atoms. The zero-order chi connectivity index (χ0) is 17.0. The van der Waals surface area contributed by atoms with Gasteiger partial charge in [0.2, 0.25) is 11.8 Å². The van der Waals surface area contributed by atoms with Crippen LogP contribution in [0.5, 0.6) is 5.88 Å². The summed E-state index contributed by atoms with van der Waals surface area (Å²) in [5.74, 6) is 0.00786. The SMILES string of the molecule is CCC[C@H](N)C(=O)N1CC[C@H](Oc2ccc(C(F)(F)F)cn2)C1. The van der Waals surface area contributed by atoms with E-state index in [0.29, 0.717) is 25.9 Å². The standard InChI is InChI=1S/C15H20F3N3O2/c1-2-3-12(19)14(22)21-7-6-11(9-21)23-13-5-4-10(8-20-13)15(16,17)18/h4-5,8,11-12H,2-3,6-7,9,19H2,1H3/t11-,12-/m0/s1. The molecule has 2 rings (SSSR count). The van der Waals surface area contributed by atoms with E-state index in [2.05, 4.69) is 4.98 Å². The number of rotatable bonds is 5. The fourth-order valence-corrected chi connectivity index (χ4v) is 2.48. The zero-order valence-corrected chi connectivity index (χ0v) is 12.8. The highest BCUT2D eigenvalue weighted by molar-refractivity contribution is 5.81. The van der Waals surface area contributed by atoms with Crippen molar-refractivity contribution in [1.82, 2.24) is 9.88 Å². The Labute approximate surface area is 132 Å². The predicted molar refractivity (Wildman–Crippen MR) is 77.7 cm³/mol. The van der Waals surface area contributed by atoms with Gasteiger partial charge in [0.1, 0.15) is 6.10 Å².